The Balaban J connectivity index is 1.44. The zero-order chi connectivity index (χ0) is 43.3. The van der Waals surface area contributed by atoms with Gasteiger partial charge in [0.15, 0.2) is 12.4 Å². The summed E-state index contributed by atoms with van der Waals surface area (Å²) in [6.45, 7) is 5.19. The van der Waals surface area contributed by atoms with E-state index in [9.17, 15) is 34.5 Å². The molecular weight excluding hydrogens is 780 g/mol. The van der Waals surface area contributed by atoms with Gasteiger partial charge in [-0.05, 0) is 43.0 Å². The topological polar surface area (TPSA) is 203 Å². The van der Waals surface area contributed by atoms with Crippen molar-refractivity contribution in [3.05, 3.63) is 59.7 Å². The number of benzene rings is 1. The number of rotatable bonds is 11. The number of unbranched alkanes of at least 4 members (excludes halogenated alkanes) is 4. The van der Waals surface area contributed by atoms with Crippen LogP contribution < -0.4 is 0 Å². The van der Waals surface area contributed by atoms with Crippen molar-refractivity contribution in [1.82, 2.24) is 0 Å². The van der Waals surface area contributed by atoms with E-state index in [1.165, 1.54) is 13.2 Å². The molecule has 4 aliphatic rings. The van der Waals surface area contributed by atoms with E-state index in [4.69, 9.17) is 37.9 Å². The minimum absolute atomic E-state index is 0.0448. The average Bonchev–Trinajstić information content (AvgIpc) is 3.21. The summed E-state index contributed by atoms with van der Waals surface area (Å²) < 4.78 is 47.8. The van der Waals surface area contributed by atoms with E-state index in [0.717, 1.165) is 25.7 Å². The van der Waals surface area contributed by atoms with Crippen molar-refractivity contribution < 1.29 is 72.4 Å². The third kappa shape index (κ3) is 13.4. The minimum Gasteiger partial charge on any atom is -0.466 e. The van der Waals surface area contributed by atoms with Crippen molar-refractivity contribution in [1.29, 1.82) is 0 Å². The van der Waals surface area contributed by atoms with Gasteiger partial charge >= 0.3 is 23.9 Å². The van der Waals surface area contributed by atoms with E-state index >= 15 is 0 Å². The number of ether oxygens (including phenoxy) is 8. The van der Waals surface area contributed by atoms with Crippen molar-refractivity contribution in [2.75, 3.05) is 20.3 Å². The van der Waals surface area contributed by atoms with Gasteiger partial charge in [0, 0.05) is 50.0 Å². The molecule has 60 heavy (non-hydrogen) atoms. The van der Waals surface area contributed by atoms with Crippen molar-refractivity contribution >= 4 is 23.9 Å². The molecule has 0 aliphatic carbocycles. The summed E-state index contributed by atoms with van der Waals surface area (Å²) in [6.07, 6.45) is 2.62. The predicted molar refractivity (Wildman–Crippen MR) is 215 cm³/mol. The molecule has 6 bridgehead atoms. The Labute approximate surface area is 352 Å². The molecule has 3 N–H and O–H groups in total. The first-order chi connectivity index (χ1) is 28.7. The van der Waals surface area contributed by atoms with E-state index in [0.29, 0.717) is 44.3 Å². The van der Waals surface area contributed by atoms with Crippen LogP contribution in [-0.2, 0) is 52.3 Å². The zero-order valence-corrected chi connectivity index (χ0v) is 35.4. The molecule has 10 atom stereocenters. The fourth-order valence-electron chi connectivity index (χ4n) is 8.31. The molecule has 4 aliphatic heterocycles. The van der Waals surface area contributed by atoms with Gasteiger partial charge in [0.25, 0.3) is 0 Å². The Kier molecular flexibility index (Phi) is 17.7. The number of aliphatic hydroxyl groups excluding tert-OH is 2. The van der Waals surface area contributed by atoms with Crippen LogP contribution in [0.3, 0.4) is 0 Å². The van der Waals surface area contributed by atoms with Gasteiger partial charge in [-0.1, -0.05) is 70.7 Å². The van der Waals surface area contributed by atoms with Crippen LogP contribution in [0, 0.1) is 5.41 Å². The molecule has 1 aromatic carbocycles. The second-order valence-electron chi connectivity index (χ2n) is 16.9. The maximum atomic E-state index is 13.4. The molecular formula is C45H64O15. The largest absolute Gasteiger partial charge is 0.466 e. The molecule has 15 nitrogen and oxygen atoms in total. The van der Waals surface area contributed by atoms with Gasteiger partial charge < -0.3 is 53.2 Å². The molecule has 0 amide bonds. The molecule has 0 spiro atoms. The van der Waals surface area contributed by atoms with Crippen LogP contribution in [0.15, 0.2) is 54.1 Å². The maximum Gasteiger partial charge on any atom is 0.338 e. The molecule has 0 unspecified atom stereocenters. The summed E-state index contributed by atoms with van der Waals surface area (Å²) in [5.41, 5.74) is -0.737. The molecule has 0 aromatic heterocycles. The van der Waals surface area contributed by atoms with E-state index in [2.05, 4.69) is 6.92 Å². The van der Waals surface area contributed by atoms with E-state index in [1.807, 2.05) is 6.07 Å². The number of hydrogen-bond acceptors (Lipinski definition) is 15. The molecule has 1 aromatic rings. The van der Waals surface area contributed by atoms with Crippen molar-refractivity contribution in [3.8, 4) is 0 Å². The van der Waals surface area contributed by atoms with E-state index < -0.39 is 97.1 Å². The molecule has 4 heterocycles. The van der Waals surface area contributed by atoms with E-state index in [-0.39, 0.29) is 37.4 Å². The molecule has 3 saturated heterocycles. The highest BCUT2D eigenvalue weighted by molar-refractivity contribution is 5.89. The predicted octanol–water partition coefficient (Wildman–Crippen LogP) is 5.16. The third-order valence-corrected chi connectivity index (χ3v) is 11.6. The molecule has 0 radical (unpaired) electrons. The van der Waals surface area contributed by atoms with Gasteiger partial charge in [-0.3, -0.25) is 9.59 Å². The highest BCUT2D eigenvalue weighted by Crippen LogP contribution is 2.47. The summed E-state index contributed by atoms with van der Waals surface area (Å²) in [6, 6.07) is 8.67. The quantitative estimate of drug-likeness (QED) is 0.0866. The third-order valence-electron chi connectivity index (χ3n) is 11.6. The SMILES string of the molecule is CCCCCCCC(=O)O[C@H]1/C(=C/C(=O)OC)C[C@H]2C[C@H](CO)OC(=O)C[C@H](O)C[C@@H]3C[C@H](OC(=O)c4ccccc4)C[C@H](C[C@@H]4CCO[C@H](/C=C\C(C)(C)[C@]1(O)O2)O4)O3. The Morgan fingerprint density at radius 1 is 0.900 bits per heavy atom. The van der Waals surface area contributed by atoms with Gasteiger partial charge in [0.05, 0.1) is 62.8 Å². The number of cyclic esters (lactones) is 1. The number of carbonyl (C=O) groups is 4. The summed E-state index contributed by atoms with van der Waals surface area (Å²) in [7, 11) is 1.21. The first kappa shape index (κ1) is 47.4. The number of fused-ring (bicyclic) bond motifs is 6. The first-order valence-corrected chi connectivity index (χ1v) is 21.5. The lowest BCUT2D eigenvalue weighted by atomic mass is 9.74. The van der Waals surface area contributed by atoms with Gasteiger partial charge in [-0.2, -0.15) is 0 Å². The molecule has 0 saturated carbocycles. The van der Waals surface area contributed by atoms with Gasteiger partial charge in [-0.25, -0.2) is 9.59 Å². The smallest absolute Gasteiger partial charge is 0.338 e. The van der Waals surface area contributed by atoms with Crippen molar-refractivity contribution in [2.45, 2.75) is 172 Å². The van der Waals surface area contributed by atoms with Crippen molar-refractivity contribution in [3.63, 3.8) is 0 Å². The van der Waals surface area contributed by atoms with Crippen LogP contribution in [-0.4, -0.2) is 120 Å². The maximum absolute atomic E-state index is 13.4. The second kappa shape index (κ2) is 22.4. The van der Waals surface area contributed by atoms with Gasteiger partial charge in [-0.15, -0.1) is 0 Å². The first-order valence-electron chi connectivity index (χ1n) is 21.5. The van der Waals surface area contributed by atoms with Crippen LogP contribution in [0.5, 0.6) is 0 Å². The number of methoxy groups -OCH3 is 1. The van der Waals surface area contributed by atoms with Gasteiger partial charge in [0.2, 0.25) is 5.79 Å². The fourth-order valence-corrected chi connectivity index (χ4v) is 8.31. The molecule has 15 heteroatoms. The highest BCUT2D eigenvalue weighted by Gasteiger charge is 2.57. The number of hydrogen-bond donors (Lipinski definition) is 3. The number of aliphatic hydroxyl groups is 3. The Morgan fingerprint density at radius 3 is 2.35 bits per heavy atom. The van der Waals surface area contributed by atoms with Crippen LogP contribution >= 0.6 is 0 Å². The number of carbonyl (C=O) groups excluding carboxylic acids is 4. The van der Waals surface area contributed by atoms with Crippen molar-refractivity contribution in [2.24, 2.45) is 5.41 Å². The lowest BCUT2D eigenvalue weighted by Gasteiger charge is -2.51. The molecule has 5 rings (SSSR count). The number of esters is 4. The fraction of sp³-hybridized carbons (Fsp3) is 0.689. The lowest BCUT2D eigenvalue weighted by molar-refractivity contribution is -0.327. The second-order valence-corrected chi connectivity index (χ2v) is 16.9. The normalized spacial score (nSPS) is 33.8. The van der Waals surface area contributed by atoms with Crippen LogP contribution in [0.2, 0.25) is 0 Å². The van der Waals surface area contributed by atoms with Crippen LogP contribution in [0.25, 0.3) is 0 Å². The Hall–Kier alpha value is -3.70. The standard InChI is InChI=1S/C45H64O15/c1-5-6-7-8-12-15-38(48)59-42-30(21-39(49)53-4)20-36-27-37(28-46)56-40(50)23-31(47)22-33-25-35(58-43(51)29-13-10-9-11-14-29)26-34(55-33)24-32-17-19-54-41(57-32)16-18-44(2,3)45(42,52)60-36/h9-11,13-14,16,18,21,31-37,41-42,46-47,52H,5-8,12,15,17,19-20,22-28H2,1-4H3/b18-16-,30-21+/t31-,32+,33-,34+,35+,36+,37-,41+,42+,45-/m1/s1. The minimum atomic E-state index is -2.31. The highest BCUT2D eigenvalue weighted by atomic mass is 16.7. The van der Waals surface area contributed by atoms with Crippen LogP contribution in [0.4, 0.5) is 0 Å². The van der Waals surface area contributed by atoms with E-state index in [1.54, 1.807) is 50.3 Å². The zero-order valence-electron chi connectivity index (χ0n) is 35.4. The summed E-state index contributed by atoms with van der Waals surface area (Å²) in [5, 5.41) is 34.2. The summed E-state index contributed by atoms with van der Waals surface area (Å²) >= 11 is 0. The van der Waals surface area contributed by atoms with Crippen LogP contribution in [0.1, 0.15) is 121 Å². The van der Waals surface area contributed by atoms with Gasteiger partial charge in [0.1, 0.15) is 12.2 Å². The summed E-state index contributed by atoms with van der Waals surface area (Å²) in [4.78, 5) is 52.4. The summed E-state index contributed by atoms with van der Waals surface area (Å²) in [5.74, 6) is -4.90. The average molecular weight is 845 g/mol. The monoisotopic (exact) mass is 844 g/mol. The lowest BCUT2D eigenvalue weighted by Crippen LogP contribution is -2.62. The Bertz CT molecular complexity index is 1630. The molecule has 3 fully saturated rings. The molecule has 334 valence electrons. The Morgan fingerprint density at radius 2 is 1.63 bits per heavy atom.